The Hall–Kier alpha value is -3.23. The average Bonchev–Trinajstić information content (AvgIpc) is 3.59. The van der Waals surface area contributed by atoms with Crippen molar-refractivity contribution in [2.24, 2.45) is 5.92 Å². The minimum Gasteiger partial charge on any atom is -0.390 e. The summed E-state index contributed by atoms with van der Waals surface area (Å²) >= 11 is 0. The van der Waals surface area contributed by atoms with Crippen LogP contribution in [0.2, 0.25) is 0 Å². The highest BCUT2D eigenvalue weighted by atomic mass is 19.1. The number of halogens is 1. The quantitative estimate of drug-likeness (QED) is 0.783. The molecule has 0 radical (unpaired) electrons. The smallest absolute Gasteiger partial charge is 0.390 e. The lowest BCUT2D eigenvalue weighted by Gasteiger charge is -2.35. The van der Waals surface area contributed by atoms with E-state index in [4.69, 9.17) is 4.74 Å². The number of carbonyl (C=O) groups excluding carboxylic acids is 2. The van der Waals surface area contributed by atoms with E-state index in [9.17, 15) is 14.0 Å². The molecule has 0 bridgehead atoms. The van der Waals surface area contributed by atoms with Crippen LogP contribution in [0.5, 0.6) is 5.88 Å². The van der Waals surface area contributed by atoms with Crippen LogP contribution in [0, 0.1) is 11.7 Å². The van der Waals surface area contributed by atoms with E-state index >= 15 is 0 Å². The van der Waals surface area contributed by atoms with Crippen molar-refractivity contribution in [1.82, 2.24) is 20.4 Å². The van der Waals surface area contributed by atoms with Crippen LogP contribution < -0.4 is 15.0 Å². The van der Waals surface area contributed by atoms with Crippen molar-refractivity contribution in [3.63, 3.8) is 0 Å². The molecule has 0 unspecified atom stereocenters. The highest BCUT2D eigenvalue weighted by Crippen LogP contribution is 2.31. The van der Waals surface area contributed by atoms with E-state index in [1.165, 1.54) is 25.0 Å². The number of hydrogen-bond acceptors (Lipinski definition) is 6. The molecule has 1 aliphatic carbocycles. The predicted molar refractivity (Wildman–Crippen MR) is 108 cm³/mol. The van der Waals surface area contributed by atoms with Gasteiger partial charge in [0.25, 0.3) is 5.91 Å². The fourth-order valence-corrected chi connectivity index (χ4v) is 3.40. The van der Waals surface area contributed by atoms with Crippen LogP contribution >= 0.6 is 0 Å². The van der Waals surface area contributed by atoms with E-state index in [-0.39, 0.29) is 17.4 Å². The molecule has 1 aliphatic heterocycles. The van der Waals surface area contributed by atoms with E-state index in [0.29, 0.717) is 38.5 Å². The Morgan fingerprint density at radius 2 is 1.83 bits per heavy atom. The van der Waals surface area contributed by atoms with Gasteiger partial charge in [0, 0.05) is 38.8 Å². The third-order valence-electron chi connectivity index (χ3n) is 5.34. The summed E-state index contributed by atoms with van der Waals surface area (Å²) in [6.45, 7) is 2.62. The Kier molecular flexibility index (Phi) is 6.06. The van der Waals surface area contributed by atoms with E-state index in [1.807, 2.05) is 4.90 Å². The highest BCUT2D eigenvalue weighted by Gasteiger charge is 2.25. The summed E-state index contributed by atoms with van der Waals surface area (Å²) in [5.74, 6) is 0.690. The normalized spacial score (nSPS) is 16.3. The fraction of sp³-hybridized carbons (Fsp3) is 0.429. The van der Waals surface area contributed by atoms with E-state index < -0.39 is 11.9 Å². The number of amides is 2. The van der Waals surface area contributed by atoms with Gasteiger partial charge in [-0.1, -0.05) is 25.0 Å². The molecule has 2 aromatic rings. The standard InChI is InChI=1S/C21H24FN5O3/c22-17-4-2-1-3-16(17)20(28)27-13-11-26(12-14-27)18-7-8-19(25-24-18)30-21(29)23-10-9-15-5-6-15/h1-4,7-8,15H,5-6,9-14H2,(H,23,29). The predicted octanol–water partition coefficient (Wildman–Crippen LogP) is 2.47. The molecular formula is C21H24FN5O3. The van der Waals surface area contributed by atoms with Gasteiger partial charge in [-0.3, -0.25) is 4.79 Å². The molecule has 2 aliphatic rings. The molecule has 30 heavy (non-hydrogen) atoms. The number of hydrogen-bond donors (Lipinski definition) is 1. The number of anilines is 1. The SMILES string of the molecule is O=C(NCCC1CC1)Oc1ccc(N2CCN(C(=O)c3ccccc3F)CC2)nn1. The van der Waals surface area contributed by atoms with Crippen LogP contribution in [0.3, 0.4) is 0 Å². The Morgan fingerprint density at radius 1 is 1.07 bits per heavy atom. The Bertz CT molecular complexity index is 896. The third-order valence-corrected chi connectivity index (χ3v) is 5.34. The largest absolute Gasteiger partial charge is 0.413 e. The van der Waals surface area contributed by atoms with Gasteiger partial charge in [0.05, 0.1) is 5.56 Å². The zero-order valence-electron chi connectivity index (χ0n) is 16.6. The average molecular weight is 413 g/mol. The lowest BCUT2D eigenvalue weighted by atomic mass is 10.1. The lowest BCUT2D eigenvalue weighted by Crippen LogP contribution is -2.49. The second-order valence-corrected chi connectivity index (χ2v) is 7.54. The van der Waals surface area contributed by atoms with Crippen molar-refractivity contribution in [2.75, 3.05) is 37.6 Å². The van der Waals surface area contributed by atoms with Crippen molar-refractivity contribution in [3.8, 4) is 5.88 Å². The molecule has 2 fully saturated rings. The van der Waals surface area contributed by atoms with E-state index in [2.05, 4.69) is 15.5 Å². The highest BCUT2D eigenvalue weighted by molar-refractivity contribution is 5.94. The van der Waals surface area contributed by atoms with Crippen LogP contribution in [0.4, 0.5) is 15.0 Å². The molecule has 0 atom stereocenters. The van der Waals surface area contributed by atoms with Crippen molar-refractivity contribution in [2.45, 2.75) is 19.3 Å². The second kappa shape index (κ2) is 9.06. The van der Waals surface area contributed by atoms with Gasteiger partial charge in [-0.25, -0.2) is 9.18 Å². The van der Waals surface area contributed by atoms with Crippen LogP contribution in [0.1, 0.15) is 29.6 Å². The van der Waals surface area contributed by atoms with Gasteiger partial charge in [0.15, 0.2) is 5.82 Å². The van der Waals surface area contributed by atoms with Crippen molar-refractivity contribution in [3.05, 3.63) is 47.8 Å². The first-order valence-electron chi connectivity index (χ1n) is 10.2. The lowest BCUT2D eigenvalue weighted by molar-refractivity contribution is 0.0741. The number of rotatable bonds is 6. The first kappa shape index (κ1) is 20.1. The summed E-state index contributed by atoms with van der Waals surface area (Å²) < 4.78 is 19.0. The molecule has 1 saturated heterocycles. The molecule has 2 heterocycles. The number of benzene rings is 1. The van der Waals surface area contributed by atoms with Crippen LogP contribution in [0.25, 0.3) is 0 Å². The van der Waals surface area contributed by atoms with Gasteiger partial charge in [-0.2, -0.15) is 0 Å². The maximum absolute atomic E-state index is 13.9. The topological polar surface area (TPSA) is 87.7 Å². The minimum absolute atomic E-state index is 0.0858. The summed E-state index contributed by atoms with van der Waals surface area (Å²) in [5, 5.41) is 10.8. The van der Waals surface area contributed by atoms with Gasteiger partial charge >= 0.3 is 6.09 Å². The number of piperazine rings is 1. The van der Waals surface area contributed by atoms with Gasteiger partial charge in [-0.15, -0.1) is 10.2 Å². The molecular weight excluding hydrogens is 389 g/mol. The monoisotopic (exact) mass is 413 g/mol. The van der Waals surface area contributed by atoms with Crippen LogP contribution in [-0.2, 0) is 0 Å². The number of nitrogens with one attached hydrogen (secondary N) is 1. The molecule has 1 saturated carbocycles. The van der Waals surface area contributed by atoms with Crippen LogP contribution in [-0.4, -0.2) is 59.8 Å². The van der Waals surface area contributed by atoms with Gasteiger partial charge in [0.2, 0.25) is 5.88 Å². The Morgan fingerprint density at radius 3 is 2.50 bits per heavy atom. The molecule has 158 valence electrons. The number of carbonyl (C=O) groups is 2. The zero-order valence-corrected chi connectivity index (χ0v) is 16.6. The summed E-state index contributed by atoms with van der Waals surface area (Å²) in [6.07, 6.45) is 2.94. The zero-order chi connectivity index (χ0) is 20.9. The molecule has 1 N–H and O–H groups in total. The summed E-state index contributed by atoms with van der Waals surface area (Å²) in [5.41, 5.74) is 0.0858. The van der Waals surface area contributed by atoms with Crippen molar-refractivity contribution >= 4 is 17.8 Å². The molecule has 1 aromatic carbocycles. The Labute approximate surface area is 174 Å². The molecule has 1 aromatic heterocycles. The van der Waals surface area contributed by atoms with E-state index in [1.54, 1.807) is 29.2 Å². The summed E-state index contributed by atoms with van der Waals surface area (Å²) in [6, 6.07) is 9.33. The fourth-order valence-electron chi connectivity index (χ4n) is 3.40. The van der Waals surface area contributed by atoms with Crippen LogP contribution in [0.15, 0.2) is 36.4 Å². The minimum atomic E-state index is -0.530. The molecule has 9 heteroatoms. The number of aromatic nitrogens is 2. The first-order chi connectivity index (χ1) is 14.6. The van der Waals surface area contributed by atoms with Gasteiger partial charge < -0.3 is 19.9 Å². The van der Waals surface area contributed by atoms with Crippen molar-refractivity contribution < 1.29 is 18.7 Å². The third kappa shape index (κ3) is 5.03. The number of ether oxygens (including phenoxy) is 1. The summed E-state index contributed by atoms with van der Waals surface area (Å²) in [7, 11) is 0. The van der Waals surface area contributed by atoms with E-state index in [0.717, 1.165) is 12.3 Å². The Balaban J connectivity index is 1.25. The summed E-state index contributed by atoms with van der Waals surface area (Å²) in [4.78, 5) is 27.9. The number of nitrogens with zero attached hydrogens (tertiary/aromatic N) is 4. The van der Waals surface area contributed by atoms with Crippen molar-refractivity contribution in [1.29, 1.82) is 0 Å². The molecule has 4 rings (SSSR count). The molecule has 0 spiro atoms. The maximum Gasteiger partial charge on any atom is 0.413 e. The second-order valence-electron chi connectivity index (χ2n) is 7.54. The van der Waals surface area contributed by atoms with Gasteiger partial charge in [0.1, 0.15) is 5.82 Å². The van der Waals surface area contributed by atoms with Gasteiger partial charge in [-0.05, 0) is 30.5 Å². The maximum atomic E-state index is 13.9. The molecule has 2 amide bonds. The first-order valence-corrected chi connectivity index (χ1v) is 10.2. The molecule has 8 nitrogen and oxygen atoms in total.